The predicted molar refractivity (Wildman–Crippen MR) is 130 cm³/mol. The van der Waals surface area contributed by atoms with Gasteiger partial charge in [-0.15, -0.1) is 0 Å². The van der Waals surface area contributed by atoms with Crippen molar-refractivity contribution in [2.75, 3.05) is 24.4 Å². The van der Waals surface area contributed by atoms with Crippen LogP contribution in [0.3, 0.4) is 0 Å². The molecule has 0 radical (unpaired) electrons. The van der Waals surface area contributed by atoms with Crippen LogP contribution >= 0.6 is 0 Å². The van der Waals surface area contributed by atoms with E-state index >= 15 is 0 Å². The van der Waals surface area contributed by atoms with Gasteiger partial charge in [0.2, 0.25) is 0 Å². The van der Waals surface area contributed by atoms with E-state index in [-0.39, 0.29) is 5.91 Å². The van der Waals surface area contributed by atoms with Gasteiger partial charge < -0.3 is 20.1 Å². The first kappa shape index (κ1) is 23.2. The Kier molecular flexibility index (Phi) is 7.17. The summed E-state index contributed by atoms with van der Waals surface area (Å²) >= 11 is 0. The molecule has 1 heterocycles. The lowest BCUT2D eigenvalue weighted by Crippen LogP contribution is -2.21. The SMILES string of the molecule is COc1ccc(NC(=O)c2ccc(NC(=O)COC(=O)c3ccc(-n4cccn4)cc3)cc2)cc1. The van der Waals surface area contributed by atoms with Gasteiger partial charge in [-0.1, -0.05) is 0 Å². The lowest BCUT2D eigenvalue weighted by molar-refractivity contribution is -0.119. The van der Waals surface area contributed by atoms with Crippen LogP contribution in [0.15, 0.2) is 91.3 Å². The highest BCUT2D eigenvalue weighted by atomic mass is 16.5. The highest BCUT2D eigenvalue weighted by molar-refractivity contribution is 6.04. The average molecular weight is 470 g/mol. The van der Waals surface area contributed by atoms with E-state index in [1.54, 1.807) is 103 Å². The van der Waals surface area contributed by atoms with Crippen molar-refractivity contribution in [1.29, 1.82) is 0 Å². The summed E-state index contributed by atoms with van der Waals surface area (Å²) < 4.78 is 11.9. The standard InChI is InChI=1S/C26H22N4O5/c1-34-23-13-9-21(10-14-23)29-25(32)18-3-7-20(8-4-18)28-24(31)17-35-26(33)19-5-11-22(12-6-19)30-16-2-15-27-30/h2-16H,17H2,1H3,(H,28,31)(H,29,32). The third-order valence-corrected chi connectivity index (χ3v) is 4.99. The number of anilines is 2. The molecule has 0 fully saturated rings. The Morgan fingerprint density at radius 2 is 1.46 bits per heavy atom. The molecule has 0 aliphatic heterocycles. The topological polar surface area (TPSA) is 112 Å². The van der Waals surface area contributed by atoms with E-state index in [1.165, 1.54) is 0 Å². The number of benzene rings is 3. The highest BCUT2D eigenvalue weighted by Crippen LogP contribution is 2.17. The summed E-state index contributed by atoms with van der Waals surface area (Å²) in [6.45, 7) is -0.445. The van der Waals surface area contributed by atoms with Crippen LogP contribution in [0.25, 0.3) is 5.69 Å². The number of carbonyl (C=O) groups is 3. The third-order valence-electron chi connectivity index (χ3n) is 4.99. The predicted octanol–water partition coefficient (Wildman–Crippen LogP) is 3.93. The van der Waals surface area contributed by atoms with E-state index in [2.05, 4.69) is 15.7 Å². The van der Waals surface area contributed by atoms with E-state index in [1.807, 2.05) is 0 Å². The van der Waals surface area contributed by atoms with Crippen LogP contribution in [0.5, 0.6) is 5.75 Å². The molecular weight excluding hydrogens is 448 g/mol. The molecule has 1 aromatic heterocycles. The van der Waals surface area contributed by atoms with Gasteiger partial charge in [0, 0.05) is 29.3 Å². The molecule has 0 spiro atoms. The van der Waals surface area contributed by atoms with Crippen LogP contribution in [-0.2, 0) is 9.53 Å². The second kappa shape index (κ2) is 10.8. The minimum atomic E-state index is -0.613. The van der Waals surface area contributed by atoms with E-state index in [4.69, 9.17) is 9.47 Å². The van der Waals surface area contributed by atoms with Gasteiger partial charge in [-0.2, -0.15) is 5.10 Å². The van der Waals surface area contributed by atoms with Gasteiger partial charge in [0.15, 0.2) is 6.61 Å². The molecule has 0 unspecified atom stereocenters. The van der Waals surface area contributed by atoms with Crippen molar-refractivity contribution in [3.63, 3.8) is 0 Å². The molecule has 0 bridgehead atoms. The number of methoxy groups -OCH3 is 1. The zero-order chi connectivity index (χ0) is 24.6. The third kappa shape index (κ3) is 6.11. The summed E-state index contributed by atoms with van der Waals surface area (Å²) in [5.41, 5.74) is 2.64. The fraction of sp³-hybridized carbons (Fsp3) is 0.0769. The summed E-state index contributed by atoms with van der Waals surface area (Å²) in [6.07, 6.45) is 3.45. The fourth-order valence-corrected chi connectivity index (χ4v) is 3.17. The maximum atomic E-state index is 12.4. The summed E-state index contributed by atoms with van der Waals surface area (Å²) in [5, 5.41) is 9.54. The number of carbonyl (C=O) groups excluding carboxylic acids is 3. The summed E-state index contributed by atoms with van der Waals surface area (Å²) in [4.78, 5) is 36.8. The van der Waals surface area contributed by atoms with Crippen molar-refractivity contribution in [3.8, 4) is 11.4 Å². The number of ether oxygens (including phenoxy) is 2. The molecule has 9 heteroatoms. The molecule has 2 amide bonds. The average Bonchev–Trinajstić information content (AvgIpc) is 3.43. The van der Waals surface area contributed by atoms with Crippen molar-refractivity contribution < 1.29 is 23.9 Å². The summed E-state index contributed by atoms with van der Waals surface area (Å²) in [7, 11) is 1.57. The molecule has 176 valence electrons. The van der Waals surface area contributed by atoms with Crippen LogP contribution in [0, 0.1) is 0 Å². The number of rotatable bonds is 8. The number of aromatic nitrogens is 2. The van der Waals surface area contributed by atoms with Crippen LogP contribution < -0.4 is 15.4 Å². The first-order valence-electron chi connectivity index (χ1n) is 10.6. The van der Waals surface area contributed by atoms with Gasteiger partial charge in [-0.3, -0.25) is 9.59 Å². The number of nitrogens with zero attached hydrogens (tertiary/aromatic N) is 2. The Morgan fingerprint density at radius 3 is 2.09 bits per heavy atom. The molecule has 0 saturated heterocycles. The quantitative estimate of drug-likeness (QED) is 0.378. The Hall–Kier alpha value is -4.92. The Balaban J connectivity index is 1.25. The van der Waals surface area contributed by atoms with Crippen molar-refractivity contribution in [1.82, 2.24) is 9.78 Å². The smallest absolute Gasteiger partial charge is 0.338 e. The maximum absolute atomic E-state index is 12.4. The van der Waals surface area contributed by atoms with Crippen molar-refractivity contribution in [3.05, 3.63) is 102 Å². The molecule has 0 saturated carbocycles. The minimum Gasteiger partial charge on any atom is -0.497 e. The fourth-order valence-electron chi connectivity index (χ4n) is 3.17. The molecule has 35 heavy (non-hydrogen) atoms. The maximum Gasteiger partial charge on any atom is 0.338 e. The van der Waals surface area contributed by atoms with Crippen molar-refractivity contribution in [2.24, 2.45) is 0 Å². The molecule has 0 aliphatic rings. The number of amides is 2. The zero-order valence-electron chi connectivity index (χ0n) is 18.8. The molecule has 4 aromatic rings. The summed E-state index contributed by atoms with van der Waals surface area (Å²) in [5.74, 6) is -0.711. The second-order valence-corrected chi connectivity index (χ2v) is 7.38. The lowest BCUT2D eigenvalue weighted by atomic mass is 10.2. The van der Waals surface area contributed by atoms with Gasteiger partial charge in [-0.25, -0.2) is 9.48 Å². The first-order chi connectivity index (χ1) is 17.0. The normalized spacial score (nSPS) is 10.3. The lowest BCUT2D eigenvalue weighted by Gasteiger charge is -2.09. The largest absolute Gasteiger partial charge is 0.497 e. The molecule has 0 aliphatic carbocycles. The van der Waals surface area contributed by atoms with Crippen LogP contribution in [0.4, 0.5) is 11.4 Å². The number of hydrogen-bond acceptors (Lipinski definition) is 6. The molecule has 9 nitrogen and oxygen atoms in total. The summed E-state index contributed by atoms with van der Waals surface area (Å²) in [6, 6.07) is 21.8. The minimum absolute atomic E-state index is 0.291. The van der Waals surface area contributed by atoms with E-state index < -0.39 is 18.5 Å². The number of hydrogen-bond donors (Lipinski definition) is 2. The molecule has 2 N–H and O–H groups in total. The highest BCUT2D eigenvalue weighted by Gasteiger charge is 2.12. The van der Waals surface area contributed by atoms with E-state index in [0.29, 0.717) is 28.3 Å². The number of nitrogens with one attached hydrogen (secondary N) is 2. The van der Waals surface area contributed by atoms with Crippen molar-refractivity contribution in [2.45, 2.75) is 0 Å². The molecule has 4 rings (SSSR count). The van der Waals surface area contributed by atoms with Gasteiger partial charge >= 0.3 is 5.97 Å². The van der Waals surface area contributed by atoms with Crippen LogP contribution in [0.1, 0.15) is 20.7 Å². The Bertz CT molecular complexity index is 1300. The molecule has 0 atom stereocenters. The first-order valence-corrected chi connectivity index (χ1v) is 10.6. The monoisotopic (exact) mass is 470 g/mol. The van der Waals surface area contributed by atoms with E-state index in [9.17, 15) is 14.4 Å². The second-order valence-electron chi connectivity index (χ2n) is 7.38. The van der Waals surface area contributed by atoms with Crippen molar-refractivity contribution >= 4 is 29.2 Å². The van der Waals surface area contributed by atoms with Gasteiger partial charge in [-0.05, 0) is 78.9 Å². The molecule has 3 aromatic carbocycles. The van der Waals surface area contributed by atoms with Gasteiger partial charge in [0.05, 0.1) is 18.4 Å². The Morgan fingerprint density at radius 1 is 0.829 bits per heavy atom. The van der Waals surface area contributed by atoms with Gasteiger partial charge in [0.25, 0.3) is 11.8 Å². The van der Waals surface area contributed by atoms with Crippen LogP contribution in [0.2, 0.25) is 0 Å². The van der Waals surface area contributed by atoms with E-state index in [0.717, 1.165) is 5.69 Å². The Labute approximate surface area is 201 Å². The number of esters is 1. The zero-order valence-corrected chi connectivity index (χ0v) is 18.8. The van der Waals surface area contributed by atoms with Gasteiger partial charge in [0.1, 0.15) is 5.75 Å². The molecular formula is C26H22N4O5. The van der Waals surface area contributed by atoms with Crippen LogP contribution in [-0.4, -0.2) is 41.3 Å².